The first kappa shape index (κ1) is 13.6. The lowest BCUT2D eigenvalue weighted by Gasteiger charge is -2.11. The van der Waals surface area contributed by atoms with Gasteiger partial charge in [0.2, 0.25) is 0 Å². The Labute approximate surface area is 126 Å². The molecule has 1 saturated carbocycles. The summed E-state index contributed by atoms with van der Waals surface area (Å²) in [5.74, 6) is 7.74. The van der Waals surface area contributed by atoms with Crippen molar-refractivity contribution in [3.63, 3.8) is 0 Å². The molecule has 0 unspecified atom stereocenters. The van der Waals surface area contributed by atoms with Crippen LogP contribution in [0.15, 0.2) is 24.3 Å². The standard InChI is InChI=1S/C14H13ClN6/c15-10-4-1-8(7-16)5-11(10)18-12-6-13(21-17)20-14(19-12)9-2-3-9/h1,4-6,9H,2-3,17H2,(H2,18,19,20,21). The normalized spacial score (nSPS) is 13.6. The fourth-order valence-electron chi connectivity index (χ4n) is 1.96. The number of benzene rings is 1. The molecular weight excluding hydrogens is 288 g/mol. The van der Waals surface area contributed by atoms with E-state index in [-0.39, 0.29) is 0 Å². The van der Waals surface area contributed by atoms with Crippen molar-refractivity contribution in [3.05, 3.63) is 40.7 Å². The summed E-state index contributed by atoms with van der Waals surface area (Å²) in [4.78, 5) is 8.82. The van der Waals surface area contributed by atoms with Gasteiger partial charge in [0.15, 0.2) is 0 Å². The number of hydrogen-bond acceptors (Lipinski definition) is 6. The lowest BCUT2D eigenvalue weighted by Crippen LogP contribution is -2.11. The molecule has 106 valence electrons. The summed E-state index contributed by atoms with van der Waals surface area (Å²) < 4.78 is 0. The van der Waals surface area contributed by atoms with Crippen LogP contribution in [0.2, 0.25) is 5.02 Å². The van der Waals surface area contributed by atoms with Gasteiger partial charge in [0.05, 0.1) is 22.3 Å². The minimum Gasteiger partial charge on any atom is -0.339 e. The molecule has 4 N–H and O–H groups in total. The molecule has 1 aromatic heterocycles. The molecule has 0 bridgehead atoms. The third-order valence-electron chi connectivity index (χ3n) is 3.19. The van der Waals surface area contributed by atoms with Gasteiger partial charge < -0.3 is 10.7 Å². The van der Waals surface area contributed by atoms with Crippen molar-refractivity contribution in [1.29, 1.82) is 5.26 Å². The third-order valence-corrected chi connectivity index (χ3v) is 3.52. The summed E-state index contributed by atoms with van der Waals surface area (Å²) in [5.41, 5.74) is 3.68. The monoisotopic (exact) mass is 300 g/mol. The molecule has 1 fully saturated rings. The molecule has 1 heterocycles. The van der Waals surface area contributed by atoms with E-state index < -0.39 is 0 Å². The maximum absolute atomic E-state index is 8.95. The minimum atomic E-state index is 0.403. The van der Waals surface area contributed by atoms with Crippen LogP contribution in [0.25, 0.3) is 0 Å². The van der Waals surface area contributed by atoms with E-state index in [1.807, 2.05) is 0 Å². The highest BCUT2D eigenvalue weighted by Gasteiger charge is 2.27. The second kappa shape index (κ2) is 5.56. The molecular formula is C14H13ClN6. The van der Waals surface area contributed by atoms with Gasteiger partial charge >= 0.3 is 0 Å². The maximum Gasteiger partial charge on any atom is 0.145 e. The first-order valence-corrected chi connectivity index (χ1v) is 6.89. The van der Waals surface area contributed by atoms with Crippen molar-refractivity contribution in [3.8, 4) is 6.07 Å². The van der Waals surface area contributed by atoms with Gasteiger partial charge in [-0.3, -0.25) is 0 Å². The van der Waals surface area contributed by atoms with Gasteiger partial charge in [-0.25, -0.2) is 15.8 Å². The number of anilines is 3. The second-order valence-electron chi connectivity index (χ2n) is 4.85. The van der Waals surface area contributed by atoms with Crippen molar-refractivity contribution in [2.45, 2.75) is 18.8 Å². The van der Waals surface area contributed by atoms with Crippen molar-refractivity contribution < 1.29 is 0 Å². The number of hydrazine groups is 1. The minimum absolute atomic E-state index is 0.403. The highest BCUT2D eigenvalue weighted by atomic mass is 35.5. The predicted molar refractivity (Wildman–Crippen MR) is 81.3 cm³/mol. The van der Waals surface area contributed by atoms with Gasteiger partial charge in [0.25, 0.3) is 0 Å². The lowest BCUT2D eigenvalue weighted by atomic mass is 10.2. The Morgan fingerprint density at radius 3 is 2.67 bits per heavy atom. The lowest BCUT2D eigenvalue weighted by molar-refractivity contribution is 0.929. The van der Waals surface area contributed by atoms with Gasteiger partial charge in [-0.05, 0) is 31.0 Å². The van der Waals surface area contributed by atoms with Gasteiger partial charge in [0, 0.05) is 12.0 Å². The second-order valence-corrected chi connectivity index (χ2v) is 5.25. The summed E-state index contributed by atoms with van der Waals surface area (Å²) in [6.45, 7) is 0. The quantitative estimate of drug-likeness (QED) is 0.593. The number of halogens is 1. The van der Waals surface area contributed by atoms with E-state index in [9.17, 15) is 0 Å². The SMILES string of the molecule is N#Cc1ccc(Cl)c(Nc2cc(NN)nc(C3CC3)n2)c1. The first-order valence-electron chi connectivity index (χ1n) is 6.52. The molecule has 0 radical (unpaired) electrons. The predicted octanol–water partition coefficient (Wildman–Crippen LogP) is 2.91. The van der Waals surface area contributed by atoms with E-state index in [0.717, 1.165) is 18.7 Å². The van der Waals surface area contributed by atoms with Crippen molar-refractivity contribution in [2.75, 3.05) is 10.7 Å². The van der Waals surface area contributed by atoms with Crippen LogP contribution in [0.1, 0.15) is 30.1 Å². The number of aromatic nitrogens is 2. The molecule has 0 spiro atoms. The van der Waals surface area contributed by atoms with Crippen LogP contribution in [0, 0.1) is 11.3 Å². The number of nitrogen functional groups attached to an aromatic ring is 1. The van der Waals surface area contributed by atoms with Crippen molar-refractivity contribution >= 4 is 28.9 Å². The Bertz CT molecular complexity index is 720. The Balaban J connectivity index is 1.94. The van der Waals surface area contributed by atoms with Gasteiger partial charge in [-0.1, -0.05) is 11.6 Å². The van der Waals surface area contributed by atoms with Crippen LogP contribution < -0.4 is 16.6 Å². The number of rotatable bonds is 4. The smallest absolute Gasteiger partial charge is 0.145 e. The van der Waals surface area contributed by atoms with Gasteiger partial charge in [0.1, 0.15) is 17.5 Å². The number of nitriles is 1. The van der Waals surface area contributed by atoms with E-state index in [1.165, 1.54) is 0 Å². The molecule has 1 aliphatic rings. The van der Waals surface area contributed by atoms with Crippen LogP contribution >= 0.6 is 11.6 Å². The Morgan fingerprint density at radius 2 is 2.00 bits per heavy atom. The molecule has 6 nitrogen and oxygen atoms in total. The third kappa shape index (κ3) is 3.05. The van der Waals surface area contributed by atoms with E-state index in [0.29, 0.717) is 33.8 Å². The fraction of sp³-hybridized carbons (Fsp3) is 0.214. The number of nitrogens with one attached hydrogen (secondary N) is 2. The molecule has 3 rings (SSSR count). The average Bonchev–Trinajstić information content (AvgIpc) is 3.34. The zero-order chi connectivity index (χ0) is 14.8. The van der Waals surface area contributed by atoms with Crippen molar-refractivity contribution in [1.82, 2.24) is 9.97 Å². The molecule has 2 aromatic rings. The summed E-state index contributed by atoms with van der Waals surface area (Å²) in [7, 11) is 0. The Hall–Kier alpha value is -2.36. The molecule has 1 aliphatic carbocycles. The topological polar surface area (TPSA) is 99.7 Å². The Kier molecular flexibility index (Phi) is 3.60. The summed E-state index contributed by atoms with van der Waals surface area (Å²) in [5, 5.41) is 12.6. The van der Waals surface area contributed by atoms with Crippen LogP contribution in [0.3, 0.4) is 0 Å². The van der Waals surface area contributed by atoms with Crippen LogP contribution in [-0.2, 0) is 0 Å². The van der Waals surface area contributed by atoms with E-state index in [1.54, 1.807) is 24.3 Å². The number of nitrogens with two attached hydrogens (primary N) is 1. The maximum atomic E-state index is 8.95. The Morgan fingerprint density at radius 1 is 1.24 bits per heavy atom. The van der Waals surface area contributed by atoms with E-state index >= 15 is 0 Å². The fourth-order valence-corrected chi connectivity index (χ4v) is 2.12. The van der Waals surface area contributed by atoms with Gasteiger partial charge in [-0.15, -0.1) is 0 Å². The molecule has 1 aromatic carbocycles. The molecule has 7 heteroatoms. The van der Waals surface area contributed by atoms with Gasteiger partial charge in [-0.2, -0.15) is 5.26 Å². The molecule has 0 saturated heterocycles. The largest absolute Gasteiger partial charge is 0.339 e. The summed E-state index contributed by atoms with van der Waals surface area (Å²) in [6.07, 6.45) is 2.19. The zero-order valence-electron chi connectivity index (χ0n) is 11.1. The van der Waals surface area contributed by atoms with Crippen LogP contribution in [0.5, 0.6) is 0 Å². The molecule has 21 heavy (non-hydrogen) atoms. The molecule has 0 atom stereocenters. The summed E-state index contributed by atoms with van der Waals surface area (Å²) >= 11 is 6.14. The van der Waals surface area contributed by atoms with E-state index in [4.69, 9.17) is 22.7 Å². The number of nitrogens with zero attached hydrogens (tertiary/aromatic N) is 3. The van der Waals surface area contributed by atoms with Crippen molar-refractivity contribution in [2.24, 2.45) is 5.84 Å². The van der Waals surface area contributed by atoms with Crippen LogP contribution in [-0.4, -0.2) is 9.97 Å². The number of hydrogen-bond donors (Lipinski definition) is 3. The first-order chi connectivity index (χ1) is 10.2. The highest BCUT2D eigenvalue weighted by Crippen LogP contribution is 2.39. The highest BCUT2D eigenvalue weighted by molar-refractivity contribution is 6.33. The summed E-state index contributed by atoms with van der Waals surface area (Å²) in [6, 6.07) is 8.79. The average molecular weight is 301 g/mol. The molecule has 0 amide bonds. The zero-order valence-corrected chi connectivity index (χ0v) is 11.9. The van der Waals surface area contributed by atoms with Crippen LogP contribution in [0.4, 0.5) is 17.3 Å². The van der Waals surface area contributed by atoms with E-state index in [2.05, 4.69) is 26.8 Å². The molecule has 0 aliphatic heterocycles.